The van der Waals surface area contributed by atoms with Crippen LogP contribution in [-0.2, 0) is 14.3 Å². The van der Waals surface area contributed by atoms with E-state index in [0.29, 0.717) is 12.2 Å². The number of nitrogens with zero attached hydrogens (tertiary/aromatic N) is 1. The van der Waals surface area contributed by atoms with Crippen LogP contribution in [0.25, 0.3) is 0 Å². The lowest BCUT2D eigenvalue weighted by atomic mass is 10.1. The fraction of sp³-hybridized carbons (Fsp3) is 0.261. The molecule has 2 aromatic carbocycles. The van der Waals surface area contributed by atoms with Crippen molar-refractivity contribution in [2.45, 2.75) is 18.9 Å². The van der Waals surface area contributed by atoms with Gasteiger partial charge in [0.25, 0.3) is 23.6 Å². The third-order valence-corrected chi connectivity index (χ3v) is 5.90. The first-order valence-electron chi connectivity index (χ1n) is 10.5. The molecular weight excluding hydrogens is 510 g/mol. The van der Waals surface area contributed by atoms with Crippen molar-refractivity contribution in [2.24, 2.45) is 0 Å². The molecule has 1 fully saturated rings. The highest BCUT2D eigenvalue weighted by Crippen LogP contribution is 2.26. The standard InChI is InChI=1S/C23H20BrN3O7/c24-15-6-3-13(4-7-15)20(29)26-25-19(28)12-34-23(32)14-5-8-17-18(10-14)22(31)27(21(17)30)11-16-2-1-9-33-16/h3-8,10,16H,1-2,9,11-12H2,(H,25,28)(H,26,29)/t16-/m1/s1. The molecule has 4 amide bonds. The van der Waals surface area contributed by atoms with Crippen molar-refractivity contribution in [3.05, 3.63) is 69.2 Å². The van der Waals surface area contributed by atoms with E-state index < -0.39 is 36.2 Å². The monoisotopic (exact) mass is 529 g/mol. The number of hydrazine groups is 1. The van der Waals surface area contributed by atoms with Gasteiger partial charge in [-0.25, -0.2) is 4.79 Å². The molecule has 34 heavy (non-hydrogen) atoms. The van der Waals surface area contributed by atoms with E-state index in [0.717, 1.165) is 22.2 Å². The summed E-state index contributed by atoms with van der Waals surface area (Å²) in [6.45, 7) is 0.109. The first-order valence-corrected chi connectivity index (χ1v) is 11.3. The number of nitrogens with one attached hydrogen (secondary N) is 2. The number of hydrogen-bond acceptors (Lipinski definition) is 7. The van der Waals surface area contributed by atoms with Gasteiger partial charge >= 0.3 is 5.97 Å². The third kappa shape index (κ3) is 5.15. The van der Waals surface area contributed by atoms with Crippen LogP contribution in [0.2, 0.25) is 0 Å². The molecule has 0 aliphatic carbocycles. The predicted octanol–water partition coefficient (Wildman–Crippen LogP) is 1.84. The first kappa shape index (κ1) is 23.6. The summed E-state index contributed by atoms with van der Waals surface area (Å²) in [5.41, 5.74) is 5.02. The summed E-state index contributed by atoms with van der Waals surface area (Å²) in [5, 5.41) is 0. The lowest BCUT2D eigenvalue weighted by Crippen LogP contribution is -2.43. The van der Waals surface area contributed by atoms with Gasteiger partial charge in [-0.2, -0.15) is 0 Å². The minimum atomic E-state index is -0.852. The smallest absolute Gasteiger partial charge is 0.338 e. The fourth-order valence-electron chi connectivity index (χ4n) is 3.63. The topological polar surface area (TPSA) is 131 Å². The van der Waals surface area contributed by atoms with Crippen molar-refractivity contribution in [1.29, 1.82) is 0 Å². The van der Waals surface area contributed by atoms with Gasteiger partial charge in [0.15, 0.2) is 6.61 Å². The Labute approximate surface area is 202 Å². The Morgan fingerprint density at radius 1 is 1.00 bits per heavy atom. The molecule has 0 unspecified atom stereocenters. The highest BCUT2D eigenvalue weighted by Gasteiger charge is 2.38. The number of carbonyl (C=O) groups is 5. The van der Waals surface area contributed by atoms with Crippen molar-refractivity contribution in [2.75, 3.05) is 19.8 Å². The molecule has 2 aromatic rings. The summed E-state index contributed by atoms with van der Waals surface area (Å²) in [7, 11) is 0. The largest absolute Gasteiger partial charge is 0.452 e. The number of amides is 4. The van der Waals surface area contributed by atoms with Crippen LogP contribution in [0.4, 0.5) is 0 Å². The Morgan fingerprint density at radius 3 is 2.41 bits per heavy atom. The SMILES string of the molecule is O=C(COC(=O)c1ccc2c(c1)C(=O)N(C[C@H]1CCCO1)C2=O)NNC(=O)c1ccc(Br)cc1. The zero-order chi connectivity index (χ0) is 24.2. The van der Waals surface area contributed by atoms with Gasteiger partial charge in [-0.05, 0) is 55.3 Å². The van der Waals surface area contributed by atoms with Gasteiger partial charge in [0.2, 0.25) is 0 Å². The molecule has 2 N–H and O–H groups in total. The average molecular weight is 530 g/mol. The lowest BCUT2D eigenvalue weighted by molar-refractivity contribution is -0.125. The number of benzene rings is 2. The van der Waals surface area contributed by atoms with Crippen LogP contribution in [0, 0.1) is 0 Å². The fourth-order valence-corrected chi connectivity index (χ4v) is 3.89. The van der Waals surface area contributed by atoms with E-state index in [9.17, 15) is 24.0 Å². The van der Waals surface area contributed by atoms with Gasteiger partial charge in [0.1, 0.15) is 0 Å². The van der Waals surface area contributed by atoms with Gasteiger partial charge in [0.05, 0.1) is 29.3 Å². The van der Waals surface area contributed by atoms with Gasteiger partial charge in [0, 0.05) is 16.6 Å². The zero-order valence-electron chi connectivity index (χ0n) is 17.8. The van der Waals surface area contributed by atoms with Crippen LogP contribution < -0.4 is 10.9 Å². The van der Waals surface area contributed by atoms with E-state index in [2.05, 4.69) is 26.8 Å². The number of imide groups is 1. The molecule has 0 radical (unpaired) electrons. The maximum Gasteiger partial charge on any atom is 0.338 e. The number of ether oxygens (including phenoxy) is 2. The number of halogens is 1. The lowest BCUT2D eigenvalue weighted by Gasteiger charge is -2.17. The molecule has 10 nitrogen and oxygen atoms in total. The zero-order valence-corrected chi connectivity index (χ0v) is 19.4. The molecule has 0 saturated carbocycles. The predicted molar refractivity (Wildman–Crippen MR) is 121 cm³/mol. The molecular formula is C23H20BrN3O7. The van der Waals surface area contributed by atoms with Crippen LogP contribution in [-0.4, -0.2) is 60.4 Å². The highest BCUT2D eigenvalue weighted by atomic mass is 79.9. The normalized spacial score (nSPS) is 16.9. The summed E-state index contributed by atoms with van der Waals surface area (Å²) in [6.07, 6.45) is 1.47. The Bertz CT molecular complexity index is 1160. The Kier molecular flexibility index (Phi) is 7.03. The maximum atomic E-state index is 12.7. The van der Waals surface area contributed by atoms with Crippen LogP contribution >= 0.6 is 15.9 Å². The molecule has 0 bridgehead atoms. The molecule has 176 valence electrons. The second-order valence-electron chi connectivity index (χ2n) is 7.70. The minimum absolute atomic E-state index is 0.0190. The van der Waals surface area contributed by atoms with Gasteiger partial charge < -0.3 is 9.47 Å². The van der Waals surface area contributed by atoms with Crippen LogP contribution in [0.3, 0.4) is 0 Å². The van der Waals surface area contributed by atoms with E-state index in [-0.39, 0.29) is 29.3 Å². The van der Waals surface area contributed by atoms with Crippen LogP contribution in [0.5, 0.6) is 0 Å². The van der Waals surface area contributed by atoms with E-state index in [1.807, 2.05) is 0 Å². The molecule has 11 heteroatoms. The Hall–Kier alpha value is -3.57. The van der Waals surface area contributed by atoms with Crippen LogP contribution in [0.15, 0.2) is 46.9 Å². The summed E-state index contributed by atoms with van der Waals surface area (Å²) < 4.78 is 11.3. The van der Waals surface area contributed by atoms with Crippen molar-refractivity contribution in [1.82, 2.24) is 15.8 Å². The molecule has 0 spiro atoms. The molecule has 2 aliphatic heterocycles. The average Bonchev–Trinajstić information content (AvgIpc) is 3.44. The minimum Gasteiger partial charge on any atom is -0.452 e. The molecule has 1 saturated heterocycles. The van der Waals surface area contributed by atoms with Crippen molar-refractivity contribution < 1.29 is 33.4 Å². The van der Waals surface area contributed by atoms with Gasteiger partial charge in [-0.15, -0.1) is 0 Å². The summed E-state index contributed by atoms with van der Waals surface area (Å²) in [6, 6.07) is 10.5. The van der Waals surface area contributed by atoms with Gasteiger partial charge in [-0.1, -0.05) is 15.9 Å². The summed E-state index contributed by atoms with van der Waals surface area (Å²) in [4.78, 5) is 62.7. The molecule has 4 rings (SSSR count). The van der Waals surface area contributed by atoms with Crippen molar-refractivity contribution >= 4 is 45.5 Å². The van der Waals surface area contributed by atoms with Gasteiger partial charge in [-0.3, -0.25) is 34.9 Å². The van der Waals surface area contributed by atoms with E-state index in [1.54, 1.807) is 24.3 Å². The number of esters is 1. The number of hydrogen-bond donors (Lipinski definition) is 2. The number of fused-ring (bicyclic) bond motifs is 1. The molecule has 2 aliphatic rings. The summed E-state index contributed by atoms with van der Waals surface area (Å²) in [5.74, 6) is -3.08. The third-order valence-electron chi connectivity index (χ3n) is 5.37. The molecule has 2 heterocycles. The molecule has 0 aromatic heterocycles. The summed E-state index contributed by atoms with van der Waals surface area (Å²) >= 11 is 3.26. The van der Waals surface area contributed by atoms with E-state index in [4.69, 9.17) is 9.47 Å². The highest BCUT2D eigenvalue weighted by molar-refractivity contribution is 9.10. The quantitative estimate of drug-likeness (QED) is 0.331. The Morgan fingerprint density at radius 2 is 1.71 bits per heavy atom. The van der Waals surface area contributed by atoms with E-state index >= 15 is 0 Å². The second kappa shape index (κ2) is 10.1. The van der Waals surface area contributed by atoms with Crippen molar-refractivity contribution in [3.63, 3.8) is 0 Å². The van der Waals surface area contributed by atoms with Crippen LogP contribution in [0.1, 0.15) is 54.3 Å². The Balaban J connectivity index is 1.30. The van der Waals surface area contributed by atoms with E-state index in [1.165, 1.54) is 18.2 Å². The molecule has 1 atom stereocenters. The van der Waals surface area contributed by atoms with Crippen molar-refractivity contribution in [3.8, 4) is 0 Å². The number of rotatable bonds is 6. The second-order valence-corrected chi connectivity index (χ2v) is 8.62. The maximum absolute atomic E-state index is 12.7. The number of carbonyl (C=O) groups excluding carboxylic acids is 5. The first-order chi connectivity index (χ1) is 16.3.